The predicted molar refractivity (Wildman–Crippen MR) is 64.0 cm³/mol. The molecule has 0 amide bonds. The summed E-state index contributed by atoms with van der Waals surface area (Å²) in [5.41, 5.74) is -1.17. The zero-order valence-corrected chi connectivity index (χ0v) is 9.93. The zero-order chi connectivity index (χ0) is 13.1. The van der Waals surface area contributed by atoms with Crippen molar-refractivity contribution in [3.63, 3.8) is 0 Å². The third-order valence-corrected chi connectivity index (χ3v) is 3.40. The van der Waals surface area contributed by atoms with Gasteiger partial charge in [-0.2, -0.15) is 5.26 Å². The third-order valence-electron chi connectivity index (χ3n) is 3.40. The first-order valence-electron chi connectivity index (χ1n) is 6.02. The molecule has 0 unspecified atom stereocenters. The molecule has 1 heterocycles. The monoisotopic (exact) mass is 249 g/mol. The minimum Gasteiger partial charge on any atom is -0.393 e. The fourth-order valence-corrected chi connectivity index (χ4v) is 2.33. The molecule has 1 fully saturated rings. The van der Waals surface area contributed by atoms with Crippen LogP contribution in [0, 0.1) is 17.2 Å². The number of aromatic nitrogens is 2. The highest BCUT2D eigenvalue weighted by Gasteiger charge is 2.20. The Balaban J connectivity index is 2.17. The summed E-state index contributed by atoms with van der Waals surface area (Å²) in [5, 5.41) is 18.2. The Hall–Kier alpha value is -1.87. The third kappa shape index (κ3) is 2.68. The van der Waals surface area contributed by atoms with Gasteiger partial charge in [-0.25, -0.2) is 4.79 Å². The Labute approximate surface area is 104 Å². The lowest BCUT2D eigenvalue weighted by Crippen LogP contribution is -2.33. The van der Waals surface area contributed by atoms with E-state index in [-0.39, 0.29) is 11.7 Å². The molecule has 0 aromatic carbocycles. The van der Waals surface area contributed by atoms with Crippen molar-refractivity contribution in [1.82, 2.24) is 9.55 Å². The van der Waals surface area contributed by atoms with Crippen LogP contribution in [0.3, 0.4) is 0 Å². The molecule has 0 bridgehead atoms. The molecule has 1 aliphatic carbocycles. The van der Waals surface area contributed by atoms with Crippen LogP contribution in [0.1, 0.15) is 31.2 Å². The molecule has 18 heavy (non-hydrogen) atoms. The maximum atomic E-state index is 11.6. The molecule has 1 aliphatic rings. The van der Waals surface area contributed by atoms with E-state index >= 15 is 0 Å². The summed E-state index contributed by atoms with van der Waals surface area (Å²) in [6, 6.07) is 1.76. The van der Waals surface area contributed by atoms with E-state index in [0.29, 0.717) is 12.5 Å². The van der Waals surface area contributed by atoms with Crippen LogP contribution in [0.4, 0.5) is 0 Å². The largest absolute Gasteiger partial charge is 0.393 e. The maximum Gasteiger partial charge on any atom is 0.328 e. The number of rotatable bonds is 2. The molecule has 0 atom stereocenters. The van der Waals surface area contributed by atoms with Gasteiger partial charge in [-0.15, -0.1) is 0 Å². The highest BCUT2D eigenvalue weighted by Crippen LogP contribution is 2.24. The van der Waals surface area contributed by atoms with Crippen molar-refractivity contribution in [2.45, 2.75) is 38.3 Å². The van der Waals surface area contributed by atoms with Crippen LogP contribution < -0.4 is 11.2 Å². The first kappa shape index (κ1) is 12.6. The molecule has 0 spiro atoms. The van der Waals surface area contributed by atoms with Crippen molar-refractivity contribution in [3.05, 3.63) is 32.6 Å². The van der Waals surface area contributed by atoms with E-state index in [1.807, 2.05) is 0 Å². The van der Waals surface area contributed by atoms with Crippen LogP contribution in [0.15, 0.2) is 15.8 Å². The van der Waals surface area contributed by atoms with Gasteiger partial charge in [0.15, 0.2) is 0 Å². The maximum absolute atomic E-state index is 11.6. The fraction of sp³-hybridized carbons (Fsp3) is 0.583. The number of nitrogens with zero attached hydrogens (tertiary/aromatic N) is 2. The zero-order valence-electron chi connectivity index (χ0n) is 9.93. The number of nitriles is 1. The summed E-state index contributed by atoms with van der Waals surface area (Å²) < 4.78 is 1.38. The molecule has 96 valence electrons. The molecular weight excluding hydrogens is 234 g/mol. The number of aliphatic hydroxyl groups is 1. The van der Waals surface area contributed by atoms with E-state index in [1.54, 1.807) is 6.07 Å². The van der Waals surface area contributed by atoms with E-state index in [9.17, 15) is 14.7 Å². The van der Waals surface area contributed by atoms with Crippen LogP contribution in [0.25, 0.3) is 0 Å². The normalized spacial score (nSPS) is 23.6. The molecule has 0 aliphatic heterocycles. The van der Waals surface area contributed by atoms with Crippen molar-refractivity contribution < 1.29 is 5.11 Å². The molecular formula is C12H15N3O3. The van der Waals surface area contributed by atoms with Gasteiger partial charge in [0, 0.05) is 12.7 Å². The van der Waals surface area contributed by atoms with Gasteiger partial charge in [0.2, 0.25) is 0 Å². The number of aliphatic hydroxyl groups excluding tert-OH is 1. The second-order valence-corrected chi connectivity index (χ2v) is 4.74. The van der Waals surface area contributed by atoms with Crippen LogP contribution in [-0.4, -0.2) is 20.8 Å². The first-order chi connectivity index (χ1) is 8.60. The van der Waals surface area contributed by atoms with E-state index in [0.717, 1.165) is 25.7 Å². The molecule has 0 saturated heterocycles. The van der Waals surface area contributed by atoms with Crippen molar-refractivity contribution in [1.29, 1.82) is 5.26 Å². The molecule has 6 heteroatoms. The Kier molecular flexibility index (Phi) is 3.63. The average molecular weight is 249 g/mol. The van der Waals surface area contributed by atoms with Crippen molar-refractivity contribution in [2.75, 3.05) is 0 Å². The van der Waals surface area contributed by atoms with Gasteiger partial charge in [0.1, 0.15) is 11.6 Å². The van der Waals surface area contributed by atoms with Gasteiger partial charge in [-0.05, 0) is 31.6 Å². The average Bonchev–Trinajstić information content (AvgIpc) is 2.35. The van der Waals surface area contributed by atoms with E-state index < -0.39 is 11.2 Å². The fourth-order valence-electron chi connectivity index (χ4n) is 2.33. The van der Waals surface area contributed by atoms with Gasteiger partial charge in [-0.3, -0.25) is 14.3 Å². The smallest absolute Gasteiger partial charge is 0.328 e. The van der Waals surface area contributed by atoms with Gasteiger partial charge >= 0.3 is 5.69 Å². The minimum absolute atomic E-state index is 0.0505. The Morgan fingerprint density at radius 1 is 1.39 bits per heavy atom. The predicted octanol–water partition coefficient (Wildman–Crippen LogP) is -0.0406. The summed E-state index contributed by atoms with van der Waals surface area (Å²) in [6.45, 7) is 0.483. The minimum atomic E-state index is -0.641. The number of nitrogens with one attached hydrogen (secondary N) is 1. The van der Waals surface area contributed by atoms with Crippen LogP contribution >= 0.6 is 0 Å². The topological polar surface area (TPSA) is 98.9 Å². The van der Waals surface area contributed by atoms with Gasteiger partial charge < -0.3 is 5.11 Å². The highest BCUT2D eigenvalue weighted by atomic mass is 16.3. The molecule has 1 saturated carbocycles. The van der Waals surface area contributed by atoms with Gasteiger partial charge in [0.05, 0.1) is 6.10 Å². The van der Waals surface area contributed by atoms with Crippen LogP contribution in [0.5, 0.6) is 0 Å². The second kappa shape index (κ2) is 5.19. The number of hydrogen-bond acceptors (Lipinski definition) is 4. The lowest BCUT2D eigenvalue weighted by molar-refractivity contribution is 0.104. The standard InChI is InChI=1S/C12H15N3O3/c13-5-9-7-15(12(18)14-11(9)17)6-8-1-3-10(16)4-2-8/h7-8,10,16H,1-4,6H2,(H,14,17,18). The van der Waals surface area contributed by atoms with Crippen LogP contribution in [-0.2, 0) is 6.54 Å². The quantitative estimate of drug-likeness (QED) is 0.768. The molecule has 1 aromatic heterocycles. The Bertz CT molecular complexity index is 573. The van der Waals surface area contributed by atoms with E-state index in [4.69, 9.17) is 5.26 Å². The Morgan fingerprint density at radius 3 is 2.67 bits per heavy atom. The summed E-state index contributed by atoms with van der Waals surface area (Å²) in [5.74, 6) is 0.309. The number of aromatic amines is 1. The Morgan fingerprint density at radius 2 is 2.06 bits per heavy atom. The summed E-state index contributed by atoms with van der Waals surface area (Å²) in [6.07, 6.45) is 4.28. The van der Waals surface area contributed by atoms with Crippen molar-refractivity contribution >= 4 is 0 Å². The summed E-state index contributed by atoms with van der Waals surface area (Å²) in [7, 11) is 0. The second-order valence-electron chi connectivity index (χ2n) is 4.74. The van der Waals surface area contributed by atoms with Crippen molar-refractivity contribution in [2.24, 2.45) is 5.92 Å². The van der Waals surface area contributed by atoms with Crippen molar-refractivity contribution in [3.8, 4) is 6.07 Å². The summed E-state index contributed by atoms with van der Waals surface area (Å²) in [4.78, 5) is 25.0. The molecule has 0 radical (unpaired) electrons. The number of hydrogen-bond donors (Lipinski definition) is 2. The molecule has 1 aromatic rings. The van der Waals surface area contributed by atoms with E-state index in [2.05, 4.69) is 4.98 Å². The highest BCUT2D eigenvalue weighted by molar-refractivity contribution is 5.21. The lowest BCUT2D eigenvalue weighted by atomic mass is 9.87. The van der Waals surface area contributed by atoms with Gasteiger partial charge in [0.25, 0.3) is 5.56 Å². The molecule has 2 rings (SSSR count). The SMILES string of the molecule is N#Cc1cn(CC2CCC(O)CC2)c(=O)[nH]c1=O. The van der Waals surface area contributed by atoms with Gasteiger partial charge in [-0.1, -0.05) is 0 Å². The summed E-state index contributed by atoms with van der Waals surface area (Å²) >= 11 is 0. The first-order valence-corrected chi connectivity index (χ1v) is 6.02. The van der Waals surface area contributed by atoms with E-state index in [1.165, 1.54) is 10.8 Å². The molecule has 2 N–H and O–H groups in total. The van der Waals surface area contributed by atoms with Crippen LogP contribution in [0.2, 0.25) is 0 Å². The lowest BCUT2D eigenvalue weighted by Gasteiger charge is -2.25. The molecule has 6 nitrogen and oxygen atoms in total. The number of H-pyrrole nitrogens is 1.